The van der Waals surface area contributed by atoms with Crippen molar-refractivity contribution in [3.8, 4) is 0 Å². The Balaban J connectivity index is 4.09. The van der Waals surface area contributed by atoms with Crippen molar-refractivity contribution in [3.05, 3.63) is 0 Å². The van der Waals surface area contributed by atoms with Crippen molar-refractivity contribution >= 4 is 43.8 Å². The monoisotopic (exact) mass is 362 g/mol. The van der Waals surface area contributed by atoms with E-state index in [1.807, 2.05) is 0 Å². The fourth-order valence-electron chi connectivity index (χ4n) is 0.707. The Morgan fingerprint density at radius 1 is 0.938 bits per heavy atom. The fourth-order valence-corrected chi connectivity index (χ4v) is 1.03. The number of esters is 2. The van der Waals surface area contributed by atoms with Crippen LogP contribution in [-0.2, 0) is 19.1 Å². The van der Waals surface area contributed by atoms with Gasteiger partial charge in [-0.05, 0) is 0 Å². The Kier molecular flexibility index (Phi) is 8.81. The van der Waals surface area contributed by atoms with Crippen molar-refractivity contribution in [1.82, 2.24) is 0 Å². The van der Waals surface area contributed by atoms with Gasteiger partial charge in [-0.1, -0.05) is 31.9 Å². The van der Waals surface area contributed by atoms with Gasteiger partial charge in [0, 0.05) is 10.7 Å². The largest absolute Gasteiger partial charge is 0.463 e. The summed E-state index contributed by atoms with van der Waals surface area (Å²) in [5.41, 5.74) is 0. The molecule has 0 saturated heterocycles. The maximum Gasteiger partial charge on any atom is 0.338 e. The molecule has 0 rings (SSSR count). The molecule has 0 saturated carbocycles. The van der Waals surface area contributed by atoms with Crippen LogP contribution in [0.2, 0.25) is 0 Å². The highest BCUT2D eigenvalue weighted by atomic mass is 79.9. The minimum absolute atomic E-state index is 0.0407. The zero-order valence-corrected chi connectivity index (χ0v) is 11.4. The molecule has 16 heavy (non-hydrogen) atoms. The number of carbonyl (C=O) groups is 2. The topological polar surface area (TPSA) is 93.1 Å². The van der Waals surface area contributed by atoms with Crippen molar-refractivity contribution in [3.63, 3.8) is 0 Å². The number of carbonyl (C=O) groups excluding carboxylic acids is 2. The maximum atomic E-state index is 11.1. The summed E-state index contributed by atoms with van der Waals surface area (Å²) in [6.45, 7) is 0.0815. The van der Waals surface area contributed by atoms with Gasteiger partial charge in [0.05, 0.1) is 0 Å². The van der Waals surface area contributed by atoms with Crippen LogP contribution in [0.3, 0.4) is 0 Å². The van der Waals surface area contributed by atoms with Gasteiger partial charge in [-0.25, -0.2) is 9.59 Å². The van der Waals surface area contributed by atoms with E-state index in [1.165, 1.54) is 0 Å². The lowest BCUT2D eigenvalue weighted by Crippen LogP contribution is -2.42. The molecule has 2 atom stereocenters. The molecule has 0 aliphatic rings. The van der Waals surface area contributed by atoms with Gasteiger partial charge in [-0.3, -0.25) is 0 Å². The molecule has 0 aromatic heterocycles. The first kappa shape index (κ1) is 15.8. The molecule has 0 aromatic rings. The minimum Gasteiger partial charge on any atom is -0.463 e. The zero-order valence-electron chi connectivity index (χ0n) is 8.27. The number of aliphatic hydroxyl groups excluding tert-OH is 2. The first-order chi connectivity index (χ1) is 7.54. The SMILES string of the molecule is O=C(OCCBr)C(O)C(O)C(=O)OCCBr. The van der Waals surface area contributed by atoms with Gasteiger partial charge in [0.2, 0.25) is 0 Å². The fraction of sp³-hybridized carbons (Fsp3) is 0.750. The summed E-state index contributed by atoms with van der Waals surface area (Å²) in [5, 5.41) is 19.3. The molecule has 6 nitrogen and oxygen atoms in total. The van der Waals surface area contributed by atoms with Crippen LogP contribution < -0.4 is 0 Å². The maximum absolute atomic E-state index is 11.1. The molecule has 0 fully saturated rings. The third-order valence-electron chi connectivity index (χ3n) is 1.43. The van der Waals surface area contributed by atoms with E-state index in [2.05, 4.69) is 41.3 Å². The summed E-state index contributed by atoms with van der Waals surface area (Å²) in [4.78, 5) is 22.1. The quantitative estimate of drug-likeness (QED) is 0.471. The Labute approximate surface area is 109 Å². The van der Waals surface area contributed by atoms with E-state index in [4.69, 9.17) is 0 Å². The Bertz CT molecular complexity index is 211. The van der Waals surface area contributed by atoms with Crippen LogP contribution in [-0.4, -0.2) is 58.2 Å². The van der Waals surface area contributed by atoms with Gasteiger partial charge in [0.1, 0.15) is 13.2 Å². The van der Waals surface area contributed by atoms with Crippen LogP contribution in [0.4, 0.5) is 0 Å². The van der Waals surface area contributed by atoms with E-state index >= 15 is 0 Å². The minimum atomic E-state index is -1.93. The van der Waals surface area contributed by atoms with Gasteiger partial charge < -0.3 is 19.7 Å². The van der Waals surface area contributed by atoms with Crippen LogP contribution in [0.25, 0.3) is 0 Å². The average molecular weight is 364 g/mol. The standard InChI is InChI=1S/C8H12Br2O6/c9-1-3-15-7(13)5(11)6(12)8(14)16-4-2-10/h5-6,11-12H,1-4H2. The molecule has 94 valence electrons. The highest BCUT2D eigenvalue weighted by molar-refractivity contribution is 9.09. The van der Waals surface area contributed by atoms with Gasteiger partial charge in [0.15, 0.2) is 12.2 Å². The lowest BCUT2D eigenvalue weighted by atomic mass is 10.2. The molecule has 0 bridgehead atoms. The number of ether oxygens (including phenoxy) is 2. The smallest absolute Gasteiger partial charge is 0.338 e. The van der Waals surface area contributed by atoms with Crippen molar-refractivity contribution in [2.75, 3.05) is 23.9 Å². The second kappa shape index (κ2) is 8.91. The van der Waals surface area contributed by atoms with Crippen LogP contribution >= 0.6 is 31.9 Å². The summed E-state index contributed by atoms with van der Waals surface area (Å²) in [6.07, 6.45) is -3.86. The number of alkyl halides is 2. The number of aliphatic hydroxyl groups is 2. The van der Waals surface area contributed by atoms with E-state index in [1.54, 1.807) is 0 Å². The number of halogens is 2. The normalized spacial score (nSPS) is 14.0. The predicted molar refractivity (Wildman–Crippen MR) is 61.5 cm³/mol. The molecule has 0 radical (unpaired) electrons. The van der Waals surface area contributed by atoms with Gasteiger partial charge >= 0.3 is 11.9 Å². The summed E-state index contributed by atoms with van der Waals surface area (Å²) in [6, 6.07) is 0. The Morgan fingerprint density at radius 2 is 1.25 bits per heavy atom. The van der Waals surface area contributed by atoms with Crippen molar-refractivity contribution in [2.45, 2.75) is 12.2 Å². The molecular formula is C8H12Br2O6. The average Bonchev–Trinajstić information content (AvgIpc) is 2.30. The Morgan fingerprint density at radius 3 is 1.50 bits per heavy atom. The predicted octanol–water partition coefficient (Wildman–Crippen LogP) is -0.416. The number of rotatable bonds is 7. The summed E-state index contributed by atoms with van der Waals surface area (Å²) in [5.74, 6) is -2.13. The number of hydrogen-bond acceptors (Lipinski definition) is 6. The second-order valence-electron chi connectivity index (χ2n) is 2.60. The molecule has 2 unspecified atom stereocenters. The van der Waals surface area contributed by atoms with E-state index < -0.39 is 24.1 Å². The lowest BCUT2D eigenvalue weighted by molar-refractivity contribution is -0.172. The Hall–Kier alpha value is -0.180. The van der Waals surface area contributed by atoms with Crippen molar-refractivity contribution in [2.24, 2.45) is 0 Å². The van der Waals surface area contributed by atoms with E-state index in [-0.39, 0.29) is 13.2 Å². The third kappa shape index (κ3) is 5.78. The molecule has 0 amide bonds. The van der Waals surface area contributed by atoms with Gasteiger partial charge in [0.25, 0.3) is 0 Å². The van der Waals surface area contributed by atoms with E-state index in [9.17, 15) is 19.8 Å². The molecule has 8 heteroatoms. The van der Waals surface area contributed by atoms with E-state index in [0.717, 1.165) is 0 Å². The second-order valence-corrected chi connectivity index (χ2v) is 4.19. The lowest BCUT2D eigenvalue weighted by Gasteiger charge is -2.15. The van der Waals surface area contributed by atoms with Crippen LogP contribution in [0.5, 0.6) is 0 Å². The molecule has 0 aromatic carbocycles. The van der Waals surface area contributed by atoms with Crippen molar-refractivity contribution in [1.29, 1.82) is 0 Å². The zero-order chi connectivity index (χ0) is 12.6. The van der Waals surface area contributed by atoms with Crippen LogP contribution in [0, 0.1) is 0 Å². The summed E-state index contributed by atoms with van der Waals surface area (Å²) in [7, 11) is 0. The molecule has 0 aliphatic carbocycles. The first-order valence-corrected chi connectivity index (χ1v) is 6.60. The molecule has 0 heterocycles. The highest BCUT2D eigenvalue weighted by Gasteiger charge is 2.32. The summed E-state index contributed by atoms with van der Waals surface area (Å²) >= 11 is 6.02. The van der Waals surface area contributed by atoms with Crippen LogP contribution in [0.1, 0.15) is 0 Å². The molecular weight excluding hydrogens is 352 g/mol. The van der Waals surface area contributed by atoms with Crippen LogP contribution in [0.15, 0.2) is 0 Å². The van der Waals surface area contributed by atoms with Crippen molar-refractivity contribution < 1.29 is 29.3 Å². The van der Waals surface area contributed by atoms with Gasteiger partial charge in [-0.2, -0.15) is 0 Å². The first-order valence-electron chi connectivity index (χ1n) is 4.36. The number of hydrogen-bond donors (Lipinski definition) is 2. The highest BCUT2D eigenvalue weighted by Crippen LogP contribution is 2.00. The van der Waals surface area contributed by atoms with Gasteiger partial charge in [-0.15, -0.1) is 0 Å². The molecule has 0 aliphatic heterocycles. The molecule has 2 N–H and O–H groups in total. The summed E-state index contributed by atoms with van der Waals surface area (Å²) < 4.78 is 9.03. The van der Waals surface area contributed by atoms with E-state index in [0.29, 0.717) is 10.7 Å². The third-order valence-corrected chi connectivity index (χ3v) is 2.07. The molecule has 0 spiro atoms.